The maximum atomic E-state index is 12.3. The van der Waals surface area contributed by atoms with Gasteiger partial charge in [-0.15, -0.1) is 0 Å². The molecular weight excluding hydrogens is 476 g/mol. The van der Waals surface area contributed by atoms with E-state index in [1.54, 1.807) is 12.2 Å². The minimum absolute atomic E-state index is 0.00945. The van der Waals surface area contributed by atoms with Gasteiger partial charge in [0.25, 0.3) is 0 Å². The summed E-state index contributed by atoms with van der Waals surface area (Å²) >= 11 is 0. The number of carbonyl (C=O) groups is 2. The second-order valence-electron chi connectivity index (χ2n) is 8.71. The first-order valence-corrected chi connectivity index (χ1v) is 11.4. The fourth-order valence-corrected chi connectivity index (χ4v) is 4.54. The first-order chi connectivity index (χ1) is 17.3. The molecule has 0 bridgehead atoms. The number of allylic oxidation sites excluding steroid dienone is 1. The summed E-state index contributed by atoms with van der Waals surface area (Å²) in [6.07, 6.45) is -2.68. The molecule has 0 aromatic heterocycles. The molecule has 4 rings (SSSR count). The fraction of sp³-hybridized carbons (Fsp3) is 0.440. The van der Waals surface area contributed by atoms with Gasteiger partial charge in [-0.05, 0) is 23.6 Å². The summed E-state index contributed by atoms with van der Waals surface area (Å²) in [6, 6.07) is 9.18. The smallest absolute Gasteiger partial charge is 0.335 e. The van der Waals surface area contributed by atoms with Crippen LogP contribution >= 0.6 is 0 Å². The highest BCUT2D eigenvalue weighted by Crippen LogP contribution is 2.44. The van der Waals surface area contributed by atoms with E-state index < -0.39 is 67.4 Å². The Morgan fingerprint density at radius 3 is 2.50 bits per heavy atom. The Kier molecular flexibility index (Phi) is 8.19. The predicted molar refractivity (Wildman–Crippen MR) is 122 cm³/mol. The van der Waals surface area contributed by atoms with E-state index in [0.29, 0.717) is 12.0 Å². The van der Waals surface area contributed by atoms with Crippen molar-refractivity contribution < 1.29 is 54.1 Å². The van der Waals surface area contributed by atoms with E-state index in [-0.39, 0.29) is 12.2 Å². The second kappa shape index (κ2) is 11.3. The Balaban J connectivity index is 1.46. The van der Waals surface area contributed by atoms with Crippen molar-refractivity contribution in [1.29, 1.82) is 0 Å². The molecule has 1 saturated heterocycles. The maximum absolute atomic E-state index is 12.3. The molecule has 2 aliphatic heterocycles. The van der Waals surface area contributed by atoms with Crippen LogP contribution in [0.5, 0.6) is 0 Å². The highest BCUT2D eigenvalue weighted by molar-refractivity contribution is 5.88. The first-order valence-electron chi connectivity index (χ1n) is 11.4. The minimum atomic E-state index is -1.66. The normalized spacial score (nSPS) is 33.9. The van der Waals surface area contributed by atoms with E-state index >= 15 is 0 Å². The van der Waals surface area contributed by atoms with Gasteiger partial charge in [-0.1, -0.05) is 36.4 Å². The highest BCUT2D eigenvalue weighted by atomic mass is 16.8. The molecule has 1 aromatic carbocycles. The number of hydrogen-bond donors (Lipinski definition) is 5. The average Bonchev–Trinajstić information content (AvgIpc) is 3.31. The van der Waals surface area contributed by atoms with Gasteiger partial charge in [0.15, 0.2) is 6.29 Å². The van der Waals surface area contributed by atoms with E-state index in [4.69, 9.17) is 18.9 Å². The van der Waals surface area contributed by atoms with Crippen molar-refractivity contribution in [2.75, 3.05) is 13.2 Å². The third-order valence-electron chi connectivity index (χ3n) is 6.47. The van der Waals surface area contributed by atoms with Crippen LogP contribution < -0.4 is 0 Å². The standard InChI is InChI=1S/C25H28O11/c26-10-17-20(28)21(29)22(30)25(35-17)36-24-19-14(7-8-15(19)16(12-34-24)23(31)32)11-33-18(27)9-6-13-4-2-1-3-5-13/h1-7,9,12,15,17,19-22,24-26,28-30H,8,10-11H2,(H,31,32). The van der Waals surface area contributed by atoms with E-state index in [9.17, 15) is 35.1 Å². The molecule has 8 unspecified atom stereocenters. The summed E-state index contributed by atoms with van der Waals surface area (Å²) in [5.74, 6) is -3.02. The number of fused-ring (bicyclic) bond motifs is 1. The van der Waals surface area contributed by atoms with Crippen LogP contribution in [0.25, 0.3) is 6.08 Å². The average molecular weight is 504 g/mol. The molecule has 1 aliphatic carbocycles. The molecule has 11 nitrogen and oxygen atoms in total. The summed E-state index contributed by atoms with van der Waals surface area (Å²) in [6.45, 7) is -0.785. The van der Waals surface area contributed by atoms with Crippen molar-refractivity contribution >= 4 is 18.0 Å². The van der Waals surface area contributed by atoms with Gasteiger partial charge in [0.2, 0.25) is 6.29 Å². The summed E-state index contributed by atoms with van der Waals surface area (Å²) in [5.41, 5.74) is 1.39. The highest BCUT2D eigenvalue weighted by Gasteiger charge is 2.49. The molecule has 1 fully saturated rings. The zero-order valence-corrected chi connectivity index (χ0v) is 19.1. The van der Waals surface area contributed by atoms with Gasteiger partial charge in [0, 0.05) is 12.0 Å². The number of carboxylic acid groups (broad SMARTS) is 1. The summed E-state index contributed by atoms with van der Waals surface area (Å²) in [7, 11) is 0. The number of benzene rings is 1. The van der Waals surface area contributed by atoms with Crippen LogP contribution in [-0.4, -0.2) is 87.7 Å². The Labute approximate surface area is 206 Å². The lowest BCUT2D eigenvalue weighted by atomic mass is 9.83. The number of aliphatic hydroxyl groups is 4. The largest absolute Gasteiger partial charge is 0.478 e. The number of esters is 1. The van der Waals surface area contributed by atoms with Crippen LogP contribution in [0.2, 0.25) is 0 Å². The van der Waals surface area contributed by atoms with E-state index in [0.717, 1.165) is 11.8 Å². The van der Waals surface area contributed by atoms with Gasteiger partial charge in [0.05, 0.1) is 24.4 Å². The van der Waals surface area contributed by atoms with Crippen molar-refractivity contribution in [3.63, 3.8) is 0 Å². The molecule has 0 spiro atoms. The number of aliphatic carboxylic acids is 1. The lowest BCUT2D eigenvalue weighted by Crippen LogP contribution is -2.60. The monoisotopic (exact) mass is 504 g/mol. The molecule has 5 N–H and O–H groups in total. The van der Waals surface area contributed by atoms with Crippen LogP contribution in [0.1, 0.15) is 12.0 Å². The molecule has 1 aromatic rings. The van der Waals surface area contributed by atoms with Crippen LogP contribution in [-0.2, 0) is 28.5 Å². The molecule has 11 heteroatoms. The lowest BCUT2D eigenvalue weighted by molar-refractivity contribution is -0.339. The topological polar surface area (TPSA) is 172 Å². The summed E-state index contributed by atoms with van der Waals surface area (Å²) in [4.78, 5) is 24.0. The Morgan fingerprint density at radius 1 is 1.06 bits per heavy atom. The van der Waals surface area contributed by atoms with Gasteiger partial charge < -0.3 is 44.5 Å². The van der Waals surface area contributed by atoms with E-state index in [1.165, 1.54) is 6.08 Å². The van der Waals surface area contributed by atoms with E-state index in [2.05, 4.69) is 0 Å². The Morgan fingerprint density at radius 2 is 1.81 bits per heavy atom. The van der Waals surface area contributed by atoms with Crippen LogP contribution in [0.3, 0.4) is 0 Å². The van der Waals surface area contributed by atoms with Gasteiger partial charge >= 0.3 is 11.9 Å². The van der Waals surface area contributed by atoms with Gasteiger partial charge in [0.1, 0.15) is 31.0 Å². The first kappa shape index (κ1) is 26.0. The molecule has 194 valence electrons. The quantitative estimate of drug-likeness (QED) is 0.182. The fourth-order valence-electron chi connectivity index (χ4n) is 4.54. The molecule has 8 atom stereocenters. The van der Waals surface area contributed by atoms with Crippen LogP contribution in [0.4, 0.5) is 0 Å². The Hall–Kier alpha value is -3.06. The van der Waals surface area contributed by atoms with Gasteiger partial charge in [-0.3, -0.25) is 0 Å². The summed E-state index contributed by atoms with van der Waals surface area (Å²) < 4.78 is 22.1. The lowest BCUT2D eigenvalue weighted by Gasteiger charge is -2.42. The number of rotatable bonds is 8. The number of carbonyl (C=O) groups excluding carboxylic acids is 1. The Bertz CT molecular complexity index is 1030. The molecule has 2 heterocycles. The third-order valence-corrected chi connectivity index (χ3v) is 6.47. The van der Waals surface area contributed by atoms with Crippen LogP contribution in [0, 0.1) is 11.8 Å². The van der Waals surface area contributed by atoms with Crippen molar-refractivity contribution in [3.8, 4) is 0 Å². The molecule has 36 heavy (non-hydrogen) atoms. The molecule has 0 saturated carbocycles. The van der Waals surface area contributed by atoms with Crippen molar-refractivity contribution in [1.82, 2.24) is 0 Å². The zero-order chi connectivity index (χ0) is 25.8. The SMILES string of the molecule is O=C(C=Cc1ccccc1)OCC1=CCC2C(C(=O)O)=COC(OC3OC(CO)C(O)C(O)C3O)C12. The molecule has 3 aliphatic rings. The van der Waals surface area contributed by atoms with Crippen molar-refractivity contribution in [2.45, 2.75) is 43.4 Å². The number of aliphatic hydroxyl groups excluding tert-OH is 4. The molecule has 0 radical (unpaired) electrons. The third kappa shape index (κ3) is 5.51. The number of hydrogen-bond acceptors (Lipinski definition) is 10. The molecule has 0 amide bonds. The zero-order valence-electron chi connectivity index (χ0n) is 19.1. The second-order valence-corrected chi connectivity index (χ2v) is 8.71. The number of ether oxygens (including phenoxy) is 4. The van der Waals surface area contributed by atoms with Gasteiger partial charge in [-0.2, -0.15) is 0 Å². The van der Waals surface area contributed by atoms with Gasteiger partial charge in [-0.25, -0.2) is 9.59 Å². The minimum Gasteiger partial charge on any atom is -0.478 e. The predicted octanol–water partition coefficient (Wildman–Crippen LogP) is -0.0532. The van der Waals surface area contributed by atoms with E-state index in [1.807, 2.05) is 30.3 Å². The van der Waals surface area contributed by atoms with Crippen LogP contribution in [0.15, 0.2) is 59.9 Å². The molecular formula is C25H28O11. The summed E-state index contributed by atoms with van der Waals surface area (Å²) in [5, 5.41) is 49.4. The van der Waals surface area contributed by atoms with Crippen molar-refractivity contribution in [3.05, 3.63) is 65.5 Å². The maximum Gasteiger partial charge on any atom is 0.335 e. The van der Waals surface area contributed by atoms with Crippen molar-refractivity contribution in [2.24, 2.45) is 11.8 Å². The number of carboxylic acids is 1.